The van der Waals surface area contributed by atoms with Crippen molar-refractivity contribution in [3.05, 3.63) is 59.7 Å². The first-order valence-electron chi connectivity index (χ1n) is 12.4. The molecule has 0 N–H and O–H groups in total. The topological polar surface area (TPSA) is 0 Å². The van der Waals surface area contributed by atoms with Crippen molar-refractivity contribution in [1.82, 2.24) is 0 Å². The van der Waals surface area contributed by atoms with Gasteiger partial charge in [-0.15, -0.1) is 0 Å². The van der Waals surface area contributed by atoms with Gasteiger partial charge in [0.2, 0.25) is 0 Å². The Morgan fingerprint density at radius 1 is 0.552 bits per heavy atom. The lowest BCUT2D eigenvalue weighted by atomic mass is 9.78. The summed E-state index contributed by atoms with van der Waals surface area (Å²) in [4.78, 5) is 0. The molecule has 2 saturated carbocycles. The van der Waals surface area contributed by atoms with Gasteiger partial charge < -0.3 is 0 Å². The van der Waals surface area contributed by atoms with Gasteiger partial charge in [0, 0.05) is 0 Å². The highest BCUT2D eigenvalue weighted by Crippen LogP contribution is 2.33. The Kier molecular flexibility index (Phi) is 7.11. The second kappa shape index (κ2) is 9.96. The van der Waals surface area contributed by atoms with E-state index in [1.807, 2.05) is 0 Å². The molecule has 2 aliphatic rings. The lowest BCUT2D eigenvalue weighted by Gasteiger charge is -2.27. The number of benzene rings is 2. The Labute approximate surface area is 179 Å². The van der Waals surface area contributed by atoms with E-state index in [0.29, 0.717) is 0 Å². The molecule has 0 unspecified atom stereocenters. The molecule has 0 saturated heterocycles. The predicted molar refractivity (Wildman–Crippen MR) is 126 cm³/mol. The zero-order chi connectivity index (χ0) is 20.1. The normalized spacial score (nSPS) is 27.7. The quantitative estimate of drug-likeness (QED) is 0.465. The summed E-state index contributed by atoms with van der Waals surface area (Å²) in [6.07, 6.45) is 15.4. The van der Waals surface area contributed by atoms with E-state index in [4.69, 9.17) is 0 Å². The molecular formula is C29H40. The molecule has 0 radical (unpaired) electrons. The number of rotatable bonds is 6. The van der Waals surface area contributed by atoms with Crippen LogP contribution in [0.1, 0.15) is 82.8 Å². The summed E-state index contributed by atoms with van der Waals surface area (Å²) in [7, 11) is 0. The van der Waals surface area contributed by atoms with Crippen molar-refractivity contribution in [1.29, 1.82) is 0 Å². The Morgan fingerprint density at radius 2 is 0.931 bits per heavy atom. The summed E-state index contributed by atoms with van der Waals surface area (Å²) in [6.45, 7) is 4.76. The molecule has 0 amide bonds. The van der Waals surface area contributed by atoms with Crippen LogP contribution in [0.5, 0.6) is 0 Å². The first-order chi connectivity index (χ1) is 14.2. The summed E-state index contributed by atoms with van der Waals surface area (Å²) in [5, 5.41) is 0. The third kappa shape index (κ3) is 5.74. The Balaban J connectivity index is 1.30. The lowest BCUT2D eigenvalue weighted by molar-refractivity contribution is 0.268. The highest BCUT2D eigenvalue weighted by Gasteiger charge is 2.20. The second-order valence-corrected chi connectivity index (χ2v) is 10.2. The van der Waals surface area contributed by atoms with Crippen LogP contribution in [0.4, 0.5) is 0 Å². The largest absolute Gasteiger partial charge is 0.0651 e. The maximum absolute atomic E-state index is 2.41. The highest BCUT2D eigenvalue weighted by atomic mass is 14.3. The van der Waals surface area contributed by atoms with E-state index < -0.39 is 0 Å². The van der Waals surface area contributed by atoms with Gasteiger partial charge in [-0.05, 0) is 84.5 Å². The molecule has 0 bridgehead atoms. The van der Waals surface area contributed by atoms with Crippen LogP contribution in [0.15, 0.2) is 48.5 Å². The summed E-state index contributed by atoms with van der Waals surface area (Å²) < 4.78 is 0. The van der Waals surface area contributed by atoms with Crippen LogP contribution in [0, 0.1) is 23.7 Å². The highest BCUT2D eigenvalue weighted by molar-refractivity contribution is 5.64. The first kappa shape index (κ1) is 20.7. The van der Waals surface area contributed by atoms with Gasteiger partial charge in [0.25, 0.3) is 0 Å². The van der Waals surface area contributed by atoms with E-state index in [0.717, 1.165) is 23.7 Å². The van der Waals surface area contributed by atoms with Gasteiger partial charge in [0.1, 0.15) is 0 Å². The van der Waals surface area contributed by atoms with Crippen LogP contribution < -0.4 is 0 Å². The van der Waals surface area contributed by atoms with Crippen molar-refractivity contribution in [2.75, 3.05) is 0 Å². The maximum atomic E-state index is 2.41. The molecule has 0 heteroatoms. The maximum Gasteiger partial charge on any atom is -0.0184 e. The molecule has 29 heavy (non-hydrogen) atoms. The van der Waals surface area contributed by atoms with E-state index in [9.17, 15) is 0 Å². The van der Waals surface area contributed by atoms with Crippen molar-refractivity contribution in [2.45, 2.75) is 84.5 Å². The Hall–Kier alpha value is -1.56. The van der Waals surface area contributed by atoms with Crippen molar-refractivity contribution in [3.63, 3.8) is 0 Å². The van der Waals surface area contributed by atoms with Gasteiger partial charge in [-0.25, -0.2) is 0 Å². The Morgan fingerprint density at radius 3 is 1.34 bits per heavy atom. The van der Waals surface area contributed by atoms with Gasteiger partial charge in [-0.2, -0.15) is 0 Å². The fraction of sp³-hybridized carbons (Fsp3) is 0.586. The molecule has 2 aromatic carbocycles. The summed E-state index contributed by atoms with van der Waals surface area (Å²) >= 11 is 0. The number of hydrogen-bond acceptors (Lipinski definition) is 0. The predicted octanol–water partition coefficient (Wildman–Crippen LogP) is 8.48. The third-order valence-electron chi connectivity index (χ3n) is 7.97. The fourth-order valence-electron chi connectivity index (χ4n) is 5.71. The minimum atomic E-state index is 0.906. The van der Waals surface area contributed by atoms with Crippen molar-refractivity contribution in [2.24, 2.45) is 23.7 Å². The molecule has 0 atom stereocenters. The molecule has 2 fully saturated rings. The van der Waals surface area contributed by atoms with Crippen LogP contribution in [0.2, 0.25) is 0 Å². The van der Waals surface area contributed by atoms with E-state index in [1.54, 1.807) is 0 Å². The van der Waals surface area contributed by atoms with Crippen LogP contribution in [-0.2, 0) is 12.8 Å². The van der Waals surface area contributed by atoms with Gasteiger partial charge in [-0.3, -0.25) is 0 Å². The van der Waals surface area contributed by atoms with Gasteiger partial charge in [0.05, 0.1) is 0 Å². The summed E-state index contributed by atoms with van der Waals surface area (Å²) in [5.41, 5.74) is 5.77. The molecule has 0 spiro atoms. The molecule has 0 heterocycles. The van der Waals surface area contributed by atoms with E-state index in [2.05, 4.69) is 62.4 Å². The standard InChI is InChI=1S/C29H40/c1-3-23-8-10-25(11-9-23)21-27-14-18-29(19-15-27)28-16-12-26(13-17-28)20-24-6-4-22(2)5-7-24/h12-19,22-25H,3-11,20-21H2,1-2H3. The molecule has 156 valence electrons. The summed E-state index contributed by atoms with van der Waals surface area (Å²) in [6, 6.07) is 18.8. The minimum Gasteiger partial charge on any atom is -0.0651 e. The van der Waals surface area contributed by atoms with Gasteiger partial charge in [-0.1, -0.05) is 94.5 Å². The monoisotopic (exact) mass is 388 g/mol. The van der Waals surface area contributed by atoms with E-state index >= 15 is 0 Å². The average Bonchev–Trinajstić information content (AvgIpc) is 2.77. The minimum absolute atomic E-state index is 0.906. The number of hydrogen-bond donors (Lipinski definition) is 0. The van der Waals surface area contributed by atoms with Gasteiger partial charge in [0.15, 0.2) is 0 Å². The summed E-state index contributed by atoms with van der Waals surface area (Å²) in [5.74, 6) is 3.76. The van der Waals surface area contributed by atoms with Crippen LogP contribution in [0.3, 0.4) is 0 Å². The smallest absolute Gasteiger partial charge is 0.0184 e. The second-order valence-electron chi connectivity index (χ2n) is 10.2. The zero-order valence-electron chi connectivity index (χ0n) is 18.7. The van der Waals surface area contributed by atoms with Crippen LogP contribution >= 0.6 is 0 Å². The van der Waals surface area contributed by atoms with Crippen molar-refractivity contribution in [3.8, 4) is 11.1 Å². The van der Waals surface area contributed by atoms with E-state index in [-0.39, 0.29) is 0 Å². The van der Waals surface area contributed by atoms with Gasteiger partial charge >= 0.3 is 0 Å². The zero-order valence-corrected chi connectivity index (χ0v) is 18.7. The van der Waals surface area contributed by atoms with Crippen LogP contribution in [-0.4, -0.2) is 0 Å². The SMILES string of the molecule is CCC1CCC(Cc2ccc(-c3ccc(CC4CCC(C)CC4)cc3)cc2)CC1. The van der Waals surface area contributed by atoms with Crippen LogP contribution in [0.25, 0.3) is 11.1 Å². The molecule has 4 rings (SSSR count). The first-order valence-corrected chi connectivity index (χ1v) is 12.4. The molecule has 2 aliphatic carbocycles. The third-order valence-corrected chi connectivity index (χ3v) is 7.97. The average molecular weight is 389 g/mol. The Bertz CT molecular complexity index is 723. The molecular weight excluding hydrogens is 348 g/mol. The van der Waals surface area contributed by atoms with E-state index in [1.165, 1.54) is 92.9 Å². The lowest BCUT2D eigenvalue weighted by Crippen LogP contribution is -2.15. The van der Waals surface area contributed by atoms with Crippen molar-refractivity contribution < 1.29 is 0 Å². The molecule has 0 nitrogen and oxygen atoms in total. The molecule has 2 aromatic rings. The molecule has 0 aliphatic heterocycles. The van der Waals surface area contributed by atoms with Crippen molar-refractivity contribution >= 4 is 0 Å². The fourth-order valence-corrected chi connectivity index (χ4v) is 5.71. The molecule has 0 aromatic heterocycles.